The maximum atomic E-state index is 13.2. The number of carbonyl (C=O) groups is 2. The van der Waals surface area contributed by atoms with E-state index in [9.17, 15) is 9.59 Å². The monoisotopic (exact) mass is 470 g/mol. The topological polar surface area (TPSA) is 104 Å². The van der Waals surface area contributed by atoms with E-state index in [1.54, 1.807) is 28.4 Å². The van der Waals surface area contributed by atoms with E-state index in [4.69, 9.17) is 17.3 Å². The second-order valence-electron chi connectivity index (χ2n) is 7.37. The summed E-state index contributed by atoms with van der Waals surface area (Å²) in [4.78, 5) is 36.6. The van der Waals surface area contributed by atoms with Crippen molar-refractivity contribution in [3.63, 3.8) is 0 Å². The number of amides is 3. The zero-order chi connectivity index (χ0) is 22.7. The lowest BCUT2D eigenvalue weighted by Crippen LogP contribution is -2.52. The Morgan fingerprint density at radius 2 is 2.03 bits per heavy atom. The van der Waals surface area contributed by atoms with Crippen LogP contribution in [0.3, 0.4) is 0 Å². The summed E-state index contributed by atoms with van der Waals surface area (Å²) in [5.74, 6) is -0.0147. The lowest BCUT2D eigenvalue weighted by molar-refractivity contribution is -0.118. The summed E-state index contributed by atoms with van der Waals surface area (Å²) < 4.78 is 1.07. The van der Waals surface area contributed by atoms with Crippen LogP contribution in [-0.2, 0) is 17.8 Å². The van der Waals surface area contributed by atoms with E-state index in [0.717, 1.165) is 32.9 Å². The number of carbonyl (C=O) groups excluding carboxylic acids is 2. The Hall–Kier alpha value is -3.17. The Bertz CT molecular complexity index is 1180. The molecule has 1 aromatic heterocycles. The zero-order valence-electron chi connectivity index (χ0n) is 17.5. The Morgan fingerprint density at radius 3 is 2.75 bits per heavy atom. The number of nitrogens with one attached hydrogen (secondary N) is 1. The van der Waals surface area contributed by atoms with Gasteiger partial charge in [-0.2, -0.15) is 0 Å². The van der Waals surface area contributed by atoms with Gasteiger partial charge in [-0.3, -0.25) is 9.69 Å². The predicted octanol–water partition coefficient (Wildman–Crippen LogP) is 4.05. The highest BCUT2D eigenvalue weighted by atomic mass is 35.5. The standard InChI is InChI=1S/C22H23ClN6O2S/c1-2-20-27-17-8-7-16(11-18(17)32-20)26-21-25-13-28(10-9-19(24)30)22(31)29(21)12-14-3-5-15(23)6-4-14/h3-8,11H,2,9-10,12-13H2,1H3,(H2,24,30)(H,25,26). The van der Waals surface area contributed by atoms with Gasteiger partial charge in [-0.25, -0.2) is 14.8 Å². The van der Waals surface area contributed by atoms with Crippen LogP contribution in [0.5, 0.6) is 0 Å². The van der Waals surface area contributed by atoms with Crippen LogP contribution in [0.15, 0.2) is 47.5 Å². The predicted molar refractivity (Wildman–Crippen MR) is 128 cm³/mol. The van der Waals surface area contributed by atoms with Crippen molar-refractivity contribution in [3.05, 3.63) is 58.1 Å². The van der Waals surface area contributed by atoms with Gasteiger partial charge >= 0.3 is 6.03 Å². The lowest BCUT2D eigenvalue weighted by Gasteiger charge is -2.34. The SMILES string of the molecule is CCc1nc2ccc(NC3=NCN(CCC(N)=O)C(=O)N3Cc3ccc(Cl)cc3)cc2s1. The highest BCUT2D eigenvalue weighted by molar-refractivity contribution is 7.18. The molecule has 0 saturated carbocycles. The van der Waals surface area contributed by atoms with Gasteiger partial charge in [0.15, 0.2) is 0 Å². The van der Waals surface area contributed by atoms with Crippen LogP contribution in [-0.4, -0.2) is 45.9 Å². The van der Waals surface area contributed by atoms with E-state index in [-0.39, 0.29) is 25.7 Å². The van der Waals surface area contributed by atoms with E-state index in [0.29, 0.717) is 17.5 Å². The fourth-order valence-corrected chi connectivity index (χ4v) is 4.40. The minimum Gasteiger partial charge on any atom is -0.370 e. The molecule has 3 N–H and O–H groups in total. The number of hydrogen-bond acceptors (Lipinski definition) is 6. The molecule has 166 valence electrons. The average molecular weight is 471 g/mol. The average Bonchev–Trinajstić information content (AvgIpc) is 3.19. The van der Waals surface area contributed by atoms with E-state index in [2.05, 4.69) is 22.2 Å². The summed E-state index contributed by atoms with van der Waals surface area (Å²) in [6.45, 7) is 2.75. The number of aliphatic imine (C=N–C) groups is 1. The van der Waals surface area contributed by atoms with Crippen molar-refractivity contribution < 1.29 is 9.59 Å². The molecule has 0 radical (unpaired) electrons. The number of nitrogens with two attached hydrogens (primary N) is 1. The Balaban J connectivity index is 1.60. The molecule has 3 aromatic rings. The third kappa shape index (κ3) is 5.00. The first kappa shape index (κ1) is 22.0. The van der Waals surface area contributed by atoms with Crippen LogP contribution >= 0.6 is 22.9 Å². The Labute approximate surface area is 194 Å². The number of guanidine groups is 1. The van der Waals surface area contributed by atoms with Crippen molar-refractivity contribution >= 4 is 56.7 Å². The number of aromatic nitrogens is 1. The summed E-state index contributed by atoms with van der Waals surface area (Å²) in [7, 11) is 0. The number of anilines is 1. The van der Waals surface area contributed by atoms with E-state index in [1.165, 1.54) is 4.90 Å². The molecule has 8 nitrogen and oxygen atoms in total. The molecule has 32 heavy (non-hydrogen) atoms. The van der Waals surface area contributed by atoms with Gasteiger partial charge in [-0.05, 0) is 42.3 Å². The molecule has 1 aliphatic heterocycles. The minimum absolute atomic E-state index is 0.0839. The summed E-state index contributed by atoms with van der Waals surface area (Å²) >= 11 is 7.65. The van der Waals surface area contributed by atoms with Crippen molar-refractivity contribution in [3.8, 4) is 0 Å². The van der Waals surface area contributed by atoms with Crippen molar-refractivity contribution in [2.45, 2.75) is 26.3 Å². The fourth-order valence-electron chi connectivity index (χ4n) is 3.32. The number of aryl methyl sites for hydroxylation is 1. The molecule has 4 rings (SSSR count). The van der Waals surface area contributed by atoms with E-state index < -0.39 is 5.91 Å². The molecule has 0 bridgehead atoms. The zero-order valence-corrected chi connectivity index (χ0v) is 19.1. The minimum atomic E-state index is -0.459. The molecule has 0 fully saturated rings. The van der Waals surface area contributed by atoms with Gasteiger partial charge in [-0.1, -0.05) is 30.7 Å². The number of hydrogen-bond donors (Lipinski definition) is 2. The van der Waals surface area contributed by atoms with Gasteiger partial charge in [0, 0.05) is 23.7 Å². The molecular formula is C22H23ClN6O2S. The molecule has 10 heteroatoms. The highest BCUT2D eigenvalue weighted by Crippen LogP contribution is 2.26. The number of urea groups is 1. The number of halogens is 1. The first-order valence-electron chi connectivity index (χ1n) is 10.2. The quantitative estimate of drug-likeness (QED) is 0.543. The van der Waals surface area contributed by atoms with Crippen molar-refractivity contribution in [2.75, 3.05) is 18.5 Å². The van der Waals surface area contributed by atoms with Gasteiger partial charge in [-0.15, -0.1) is 11.3 Å². The molecule has 0 saturated heterocycles. The normalized spacial score (nSPS) is 14.1. The molecule has 0 unspecified atom stereocenters. The Morgan fingerprint density at radius 1 is 1.25 bits per heavy atom. The molecule has 3 amide bonds. The second kappa shape index (κ2) is 9.54. The molecule has 0 spiro atoms. The van der Waals surface area contributed by atoms with Gasteiger partial charge in [0.1, 0.15) is 6.67 Å². The third-order valence-corrected chi connectivity index (χ3v) is 6.44. The lowest BCUT2D eigenvalue weighted by atomic mass is 10.2. The van der Waals surface area contributed by atoms with Crippen LogP contribution in [0.2, 0.25) is 5.02 Å². The smallest absolute Gasteiger partial charge is 0.328 e. The molecular weight excluding hydrogens is 448 g/mol. The van der Waals surface area contributed by atoms with Crippen LogP contribution < -0.4 is 11.1 Å². The number of fused-ring (bicyclic) bond motifs is 1. The van der Waals surface area contributed by atoms with E-state index in [1.807, 2.05) is 30.3 Å². The molecule has 1 aliphatic rings. The van der Waals surface area contributed by atoms with E-state index >= 15 is 0 Å². The summed E-state index contributed by atoms with van der Waals surface area (Å²) in [6, 6.07) is 12.9. The summed E-state index contributed by atoms with van der Waals surface area (Å²) in [5, 5.41) is 4.99. The van der Waals surface area contributed by atoms with Crippen molar-refractivity contribution in [1.29, 1.82) is 0 Å². The summed E-state index contributed by atoms with van der Waals surface area (Å²) in [6.07, 6.45) is 0.972. The first-order valence-corrected chi connectivity index (χ1v) is 11.4. The number of rotatable bonds is 7. The maximum Gasteiger partial charge on any atom is 0.328 e. The van der Waals surface area contributed by atoms with Crippen molar-refractivity contribution in [2.24, 2.45) is 10.7 Å². The fraction of sp³-hybridized carbons (Fsp3) is 0.273. The van der Waals surface area contributed by atoms with Gasteiger partial charge in [0.25, 0.3) is 0 Å². The van der Waals surface area contributed by atoms with Gasteiger partial charge < -0.3 is 16.0 Å². The largest absolute Gasteiger partial charge is 0.370 e. The number of primary amides is 1. The van der Waals surface area contributed by atoms with Gasteiger partial charge in [0.05, 0.1) is 21.8 Å². The molecule has 0 atom stereocenters. The van der Waals surface area contributed by atoms with Crippen LogP contribution in [0.1, 0.15) is 23.9 Å². The summed E-state index contributed by atoms with van der Waals surface area (Å²) in [5.41, 5.74) is 7.94. The highest BCUT2D eigenvalue weighted by Gasteiger charge is 2.29. The number of benzene rings is 2. The first-order chi connectivity index (χ1) is 15.4. The van der Waals surface area contributed by atoms with Gasteiger partial charge in [0.2, 0.25) is 11.9 Å². The van der Waals surface area contributed by atoms with Crippen LogP contribution in [0.25, 0.3) is 10.2 Å². The molecule has 0 aliphatic carbocycles. The number of nitrogens with zero attached hydrogens (tertiary/aromatic N) is 4. The second-order valence-corrected chi connectivity index (χ2v) is 8.92. The Kier molecular flexibility index (Phi) is 6.57. The number of thiazole rings is 1. The molecule has 2 aromatic carbocycles. The van der Waals surface area contributed by atoms with Crippen LogP contribution in [0.4, 0.5) is 10.5 Å². The molecule has 2 heterocycles. The van der Waals surface area contributed by atoms with Crippen LogP contribution in [0, 0.1) is 0 Å². The van der Waals surface area contributed by atoms with Crippen molar-refractivity contribution in [1.82, 2.24) is 14.8 Å². The third-order valence-electron chi connectivity index (χ3n) is 5.02. The maximum absolute atomic E-state index is 13.2.